The van der Waals surface area contributed by atoms with Gasteiger partial charge in [-0.15, -0.1) is 17.9 Å². The maximum atomic E-state index is 14.6. The number of hydrogen-bond acceptors (Lipinski definition) is 13. The quantitative estimate of drug-likeness (QED) is 0.0893. The average molecular weight is 826 g/mol. The van der Waals surface area contributed by atoms with Crippen molar-refractivity contribution in [3.05, 3.63) is 88.4 Å². The molecule has 2 saturated carbocycles. The summed E-state index contributed by atoms with van der Waals surface area (Å²) < 4.78 is 12.7. The second-order valence-electron chi connectivity index (χ2n) is 15.8. The minimum absolute atomic E-state index is 0.00984. The van der Waals surface area contributed by atoms with Gasteiger partial charge in [0.2, 0.25) is 17.7 Å². The Kier molecular flexibility index (Phi) is 11.3. The number of amides is 5. The van der Waals surface area contributed by atoms with Crippen molar-refractivity contribution >= 4 is 57.0 Å². The topological polar surface area (TPSA) is 237 Å². The number of aromatic nitrogens is 3. The molecule has 1 aromatic carbocycles. The molecule has 18 nitrogen and oxygen atoms in total. The van der Waals surface area contributed by atoms with Gasteiger partial charge in [-0.2, -0.15) is 4.98 Å². The number of thiophene rings is 1. The van der Waals surface area contributed by atoms with E-state index in [0.29, 0.717) is 21.7 Å². The number of ether oxygens (including phenoxy) is 2. The Morgan fingerprint density at radius 2 is 1.81 bits per heavy atom. The second-order valence-corrected chi connectivity index (χ2v) is 16.7. The van der Waals surface area contributed by atoms with Crippen LogP contribution in [-0.2, 0) is 19.1 Å². The van der Waals surface area contributed by atoms with Gasteiger partial charge in [0, 0.05) is 36.2 Å². The standard InChI is InChI=1S/C40H43N9O9S/c1-5-23-20-40(23,37(53)47-46-33(50)22-12-14-24(15-13-22)49(55)56)45-34(51)29-19-26(21-48(29)36(52)31(39(2,3)4)43-38(54)58-25-9-8-10-25)57-35-30-27(16-18-59-30)42-32(44-35)28-11-6-7-17-41-28/h5-7,11-18,23,25-26,29,31H,1,8-10,19-21H2,2-4H3,(H,43,54)(H,45,51)(H,46,50)(H,47,53)/t23-,26-,29+,31-,40+/m1/s1. The summed E-state index contributed by atoms with van der Waals surface area (Å²) in [5.74, 6) is -2.68. The maximum absolute atomic E-state index is 14.6. The van der Waals surface area contributed by atoms with Gasteiger partial charge in [0.05, 0.1) is 17.0 Å². The van der Waals surface area contributed by atoms with Gasteiger partial charge in [0.15, 0.2) is 5.82 Å². The van der Waals surface area contributed by atoms with Crippen LogP contribution in [0.4, 0.5) is 10.5 Å². The SMILES string of the molecule is C=C[C@@H]1C[C@@]1(NC(=O)[C@@H]1C[C@@H](Oc2nc(-c3ccccn3)nc3ccsc23)CN1C(=O)[C@@H](NC(=O)OC1CCC1)C(C)(C)C)C(=O)NNC(=O)c1ccc([N+](=O)[O-])cc1. The van der Waals surface area contributed by atoms with E-state index in [1.807, 2.05) is 17.5 Å². The number of carbonyl (C=O) groups excluding carboxylic acids is 5. The first-order valence-corrected chi connectivity index (χ1v) is 20.0. The van der Waals surface area contributed by atoms with Crippen LogP contribution in [0.2, 0.25) is 0 Å². The van der Waals surface area contributed by atoms with E-state index < -0.39 is 69.7 Å². The summed E-state index contributed by atoms with van der Waals surface area (Å²) in [6, 6.07) is 9.68. The van der Waals surface area contributed by atoms with Gasteiger partial charge in [0.1, 0.15) is 40.2 Å². The smallest absolute Gasteiger partial charge is 0.408 e. The van der Waals surface area contributed by atoms with Crippen molar-refractivity contribution in [2.75, 3.05) is 6.54 Å². The number of benzene rings is 1. The van der Waals surface area contributed by atoms with Crippen LogP contribution in [-0.4, -0.2) is 90.9 Å². The molecule has 3 aliphatic rings. The number of nitrogens with zero attached hydrogens (tertiary/aromatic N) is 5. The summed E-state index contributed by atoms with van der Waals surface area (Å²) in [6.07, 6.45) is 3.94. The van der Waals surface area contributed by atoms with Gasteiger partial charge in [-0.05, 0) is 66.8 Å². The first-order chi connectivity index (χ1) is 28.2. The highest BCUT2D eigenvalue weighted by atomic mass is 32.1. The number of fused-ring (bicyclic) bond motifs is 1. The molecule has 0 unspecified atom stereocenters. The van der Waals surface area contributed by atoms with E-state index in [1.165, 1.54) is 34.4 Å². The van der Waals surface area contributed by atoms with Gasteiger partial charge in [0.25, 0.3) is 17.5 Å². The molecule has 1 aliphatic heterocycles. The van der Waals surface area contributed by atoms with Crippen LogP contribution < -0.4 is 26.2 Å². The van der Waals surface area contributed by atoms with Gasteiger partial charge < -0.3 is 25.0 Å². The van der Waals surface area contributed by atoms with Crippen molar-refractivity contribution in [1.29, 1.82) is 0 Å². The number of rotatable bonds is 12. The Balaban J connectivity index is 1.13. The summed E-state index contributed by atoms with van der Waals surface area (Å²) in [5.41, 5.74) is 3.28. The lowest BCUT2D eigenvalue weighted by Gasteiger charge is -2.36. The third kappa shape index (κ3) is 8.69. The van der Waals surface area contributed by atoms with E-state index in [0.717, 1.165) is 31.4 Å². The number of non-ortho nitro benzene ring substituents is 1. The van der Waals surface area contributed by atoms with Crippen molar-refractivity contribution < 1.29 is 38.4 Å². The third-order valence-electron chi connectivity index (χ3n) is 10.7. The van der Waals surface area contributed by atoms with Crippen LogP contribution >= 0.6 is 11.3 Å². The lowest BCUT2D eigenvalue weighted by Crippen LogP contribution is -2.61. The monoisotopic (exact) mass is 825 g/mol. The van der Waals surface area contributed by atoms with Crippen LogP contribution in [0, 0.1) is 21.4 Å². The molecule has 19 heteroatoms. The number of likely N-dealkylation sites (tertiary alicyclic amines) is 1. The zero-order valence-corrected chi connectivity index (χ0v) is 33.3. The Hall–Kier alpha value is -6.50. The number of hydrogen-bond donors (Lipinski definition) is 4. The Labute approximate surface area is 342 Å². The zero-order chi connectivity index (χ0) is 42.1. The zero-order valence-electron chi connectivity index (χ0n) is 32.5. The first kappa shape index (κ1) is 40.7. The average Bonchev–Trinajstić information content (AvgIpc) is 3.47. The Bertz CT molecular complexity index is 2300. The molecular weight excluding hydrogens is 783 g/mol. The number of nitro groups is 1. The van der Waals surface area contributed by atoms with Crippen LogP contribution in [0.15, 0.2) is 72.8 Å². The van der Waals surface area contributed by atoms with Crippen LogP contribution in [0.25, 0.3) is 21.7 Å². The van der Waals surface area contributed by atoms with E-state index in [1.54, 1.807) is 39.1 Å². The number of nitrogens with one attached hydrogen (secondary N) is 4. The maximum Gasteiger partial charge on any atom is 0.408 e. The predicted molar refractivity (Wildman–Crippen MR) is 214 cm³/mol. The molecule has 3 fully saturated rings. The molecule has 4 N–H and O–H groups in total. The fourth-order valence-corrected chi connectivity index (χ4v) is 7.80. The van der Waals surface area contributed by atoms with Gasteiger partial charge in [-0.25, -0.2) is 9.78 Å². The fraction of sp³-hybridized carbons (Fsp3) is 0.400. The summed E-state index contributed by atoms with van der Waals surface area (Å²) in [5, 5.41) is 18.5. The lowest BCUT2D eigenvalue weighted by atomic mass is 9.85. The molecule has 2 aliphatic carbocycles. The summed E-state index contributed by atoms with van der Waals surface area (Å²) >= 11 is 1.37. The fourth-order valence-electron chi connectivity index (χ4n) is 7.03. The summed E-state index contributed by atoms with van der Waals surface area (Å²) in [7, 11) is 0. The minimum Gasteiger partial charge on any atom is -0.471 e. The van der Waals surface area contributed by atoms with E-state index in [-0.39, 0.29) is 42.6 Å². The first-order valence-electron chi connectivity index (χ1n) is 19.1. The van der Waals surface area contributed by atoms with E-state index in [4.69, 9.17) is 14.5 Å². The second kappa shape index (κ2) is 16.4. The molecule has 308 valence electrons. The summed E-state index contributed by atoms with van der Waals surface area (Å²) in [4.78, 5) is 94.2. The number of pyridine rings is 1. The normalized spacial score (nSPS) is 21.7. The van der Waals surface area contributed by atoms with Crippen molar-refractivity contribution in [3.63, 3.8) is 0 Å². The molecule has 1 saturated heterocycles. The summed E-state index contributed by atoms with van der Waals surface area (Å²) in [6.45, 7) is 9.09. The van der Waals surface area contributed by atoms with Crippen molar-refractivity contribution in [2.24, 2.45) is 11.3 Å². The van der Waals surface area contributed by atoms with Crippen molar-refractivity contribution in [1.82, 2.24) is 41.3 Å². The molecule has 5 atom stereocenters. The molecule has 0 spiro atoms. The molecule has 4 heterocycles. The molecule has 5 amide bonds. The minimum atomic E-state index is -1.53. The number of carbonyl (C=O) groups is 5. The highest BCUT2D eigenvalue weighted by molar-refractivity contribution is 7.17. The molecule has 3 aromatic heterocycles. The lowest BCUT2D eigenvalue weighted by molar-refractivity contribution is -0.384. The Morgan fingerprint density at radius 1 is 1.05 bits per heavy atom. The Morgan fingerprint density at radius 3 is 2.44 bits per heavy atom. The van der Waals surface area contributed by atoms with Crippen LogP contribution in [0.3, 0.4) is 0 Å². The van der Waals surface area contributed by atoms with Crippen LogP contribution in [0.5, 0.6) is 5.88 Å². The predicted octanol–water partition coefficient (Wildman–Crippen LogP) is 4.23. The molecule has 4 aromatic rings. The van der Waals surface area contributed by atoms with E-state index in [9.17, 15) is 34.1 Å². The molecule has 7 rings (SSSR count). The van der Waals surface area contributed by atoms with Gasteiger partial charge in [-0.3, -0.25) is 45.1 Å². The van der Waals surface area contributed by atoms with Crippen LogP contribution in [0.1, 0.15) is 63.2 Å². The number of hydrazine groups is 1. The van der Waals surface area contributed by atoms with E-state index in [2.05, 4.69) is 38.0 Å². The molecular formula is C40H43N9O9S. The highest BCUT2D eigenvalue weighted by Gasteiger charge is 2.61. The largest absolute Gasteiger partial charge is 0.471 e. The van der Waals surface area contributed by atoms with Crippen molar-refractivity contribution in [2.45, 2.75) is 82.7 Å². The highest BCUT2D eigenvalue weighted by Crippen LogP contribution is 2.45. The van der Waals surface area contributed by atoms with Gasteiger partial charge >= 0.3 is 6.09 Å². The van der Waals surface area contributed by atoms with E-state index >= 15 is 0 Å². The van der Waals surface area contributed by atoms with Gasteiger partial charge in [-0.1, -0.05) is 32.9 Å². The van der Waals surface area contributed by atoms with Crippen molar-refractivity contribution in [3.8, 4) is 17.4 Å². The third-order valence-corrected chi connectivity index (χ3v) is 11.6. The number of alkyl carbamates (subject to hydrolysis) is 1. The molecule has 0 radical (unpaired) electrons. The number of nitro benzene ring substituents is 1. The molecule has 0 bridgehead atoms. The molecule has 59 heavy (non-hydrogen) atoms.